The van der Waals surface area contributed by atoms with Crippen LogP contribution < -0.4 is 10.2 Å². The summed E-state index contributed by atoms with van der Waals surface area (Å²) in [6, 6.07) is 7.10. The van der Waals surface area contributed by atoms with Crippen molar-refractivity contribution in [3.05, 3.63) is 40.1 Å². The smallest absolute Gasteiger partial charge is 0.220 e. The van der Waals surface area contributed by atoms with Crippen molar-refractivity contribution in [2.24, 2.45) is 5.92 Å². The molecular formula is C12H16O2. The van der Waals surface area contributed by atoms with Crippen molar-refractivity contribution in [1.29, 1.82) is 0 Å². The van der Waals surface area contributed by atoms with E-state index in [0.717, 1.165) is 12.0 Å². The Morgan fingerprint density at radius 2 is 1.93 bits per heavy atom. The summed E-state index contributed by atoms with van der Waals surface area (Å²) in [5, 5.41) is 0. The molecule has 0 spiro atoms. The van der Waals surface area contributed by atoms with Crippen LogP contribution in [-0.2, 0) is 6.42 Å². The molecule has 2 heteroatoms. The van der Waals surface area contributed by atoms with Crippen molar-refractivity contribution in [3.8, 4) is 5.75 Å². The molecule has 0 aliphatic heterocycles. The summed E-state index contributed by atoms with van der Waals surface area (Å²) in [7, 11) is 1.54. The molecule has 0 unspecified atom stereocenters. The SMILES string of the molecule is COc1c(CC(C)C)ccccc1=O. The monoisotopic (exact) mass is 192 g/mol. The van der Waals surface area contributed by atoms with Gasteiger partial charge in [0.15, 0.2) is 5.75 Å². The van der Waals surface area contributed by atoms with Gasteiger partial charge in [0.25, 0.3) is 0 Å². The van der Waals surface area contributed by atoms with Crippen molar-refractivity contribution >= 4 is 0 Å². The first-order valence-corrected chi connectivity index (χ1v) is 4.81. The fraction of sp³-hybridized carbons (Fsp3) is 0.417. The van der Waals surface area contributed by atoms with Crippen LogP contribution in [0.15, 0.2) is 29.1 Å². The fourth-order valence-electron chi connectivity index (χ4n) is 1.46. The first-order valence-electron chi connectivity index (χ1n) is 4.81. The molecule has 0 heterocycles. The van der Waals surface area contributed by atoms with Gasteiger partial charge in [-0.2, -0.15) is 0 Å². The maximum absolute atomic E-state index is 11.5. The minimum atomic E-state index is -0.0480. The van der Waals surface area contributed by atoms with Crippen molar-refractivity contribution < 1.29 is 4.74 Å². The Morgan fingerprint density at radius 1 is 1.29 bits per heavy atom. The van der Waals surface area contributed by atoms with Crippen LogP contribution in [-0.4, -0.2) is 7.11 Å². The van der Waals surface area contributed by atoms with Crippen LogP contribution in [0.25, 0.3) is 0 Å². The maximum atomic E-state index is 11.5. The van der Waals surface area contributed by atoms with Crippen LogP contribution in [0.3, 0.4) is 0 Å². The molecule has 0 aliphatic rings. The van der Waals surface area contributed by atoms with Crippen LogP contribution in [0, 0.1) is 5.92 Å². The third kappa shape index (κ3) is 2.59. The minimum absolute atomic E-state index is 0.0480. The zero-order chi connectivity index (χ0) is 10.6. The van der Waals surface area contributed by atoms with Crippen LogP contribution in [0.2, 0.25) is 0 Å². The molecule has 0 N–H and O–H groups in total. The zero-order valence-electron chi connectivity index (χ0n) is 8.91. The van der Waals surface area contributed by atoms with Gasteiger partial charge in [0, 0.05) is 0 Å². The van der Waals surface area contributed by atoms with E-state index in [2.05, 4.69) is 13.8 Å². The third-order valence-corrected chi connectivity index (χ3v) is 2.00. The van der Waals surface area contributed by atoms with Gasteiger partial charge in [-0.3, -0.25) is 4.79 Å². The first kappa shape index (κ1) is 10.8. The van der Waals surface area contributed by atoms with E-state index in [1.807, 2.05) is 12.1 Å². The molecule has 0 saturated heterocycles. The molecule has 0 saturated carbocycles. The molecule has 0 amide bonds. The van der Waals surface area contributed by atoms with Crippen LogP contribution in [0.5, 0.6) is 5.75 Å². The van der Waals surface area contributed by atoms with Gasteiger partial charge in [-0.05, 0) is 24.0 Å². The van der Waals surface area contributed by atoms with E-state index >= 15 is 0 Å². The average molecular weight is 192 g/mol. The van der Waals surface area contributed by atoms with Crippen LogP contribution >= 0.6 is 0 Å². The molecule has 0 atom stereocenters. The van der Waals surface area contributed by atoms with Gasteiger partial charge in [-0.15, -0.1) is 0 Å². The van der Waals surface area contributed by atoms with E-state index in [0.29, 0.717) is 11.7 Å². The highest BCUT2D eigenvalue weighted by atomic mass is 16.5. The number of rotatable bonds is 3. The van der Waals surface area contributed by atoms with Crippen LogP contribution in [0.4, 0.5) is 0 Å². The summed E-state index contributed by atoms with van der Waals surface area (Å²) in [6.07, 6.45) is 0.868. The Morgan fingerprint density at radius 3 is 2.50 bits per heavy atom. The maximum Gasteiger partial charge on any atom is 0.220 e. The van der Waals surface area contributed by atoms with Gasteiger partial charge >= 0.3 is 0 Å². The predicted octanol–water partition coefficient (Wildman–Crippen LogP) is 2.25. The summed E-state index contributed by atoms with van der Waals surface area (Å²) >= 11 is 0. The van der Waals surface area contributed by atoms with Gasteiger partial charge in [0.1, 0.15) is 0 Å². The lowest BCUT2D eigenvalue weighted by Gasteiger charge is -2.06. The summed E-state index contributed by atoms with van der Waals surface area (Å²) in [6.45, 7) is 4.24. The van der Waals surface area contributed by atoms with E-state index in [4.69, 9.17) is 4.74 Å². The van der Waals surface area contributed by atoms with Gasteiger partial charge in [-0.1, -0.05) is 32.0 Å². The summed E-state index contributed by atoms with van der Waals surface area (Å²) < 4.78 is 5.12. The van der Waals surface area contributed by atoms with E-state index in [1.54, 1.807) is 13.2 Å². The molecule has 1 aromatic rings. The Labute approximate surface area is 84.5 Å². The molecule has 76 valence electrons. The Kier molecular flexibility index (Phi) is 3.69. The molecule has 0 bridgehead atoms. The van der Waals surface area contributed by atoms with Crippen molar-refractivity contribution in [2.75, 3.05) is 7.11 Å². The molecule has 1 rings (SSSR count). The fourth-order valence-corrected chi connectivity index (χ4v) is 1.46. The molecule has 1 aromatic carbocycles. The van der Waals surface area contributed by atoms with Crippen molar-refractivity contribution in [2.45, 2.75) is 20.3 Å². The second-order valence-electron chi connectivity index (χ2n) is 3.74. The largest absolute Gasteiger partial charge is 0.492 e. The van der Waals surface area contributed by atoms with Gasteiger partial charge in [0.05, 0.1) is 7.11 Å². The lowest BCUT2D eigenvalue weighted by molar-refractivity contribution is 0.403. The molecule has 0 aliphatic carbocycles. The standard InChI is InChI=1S/C12H16O2/c1-9(2)8-10-6-4-5-7-11(13)12(10)14-3/h4-7,9H,8H2,1-3H3. The second kappa shape index (κ2) is 4.80. The molecule has 0 fully saturated rings. The van der Waals surface area contributed by atoms with E-state index in [1.165, 1.54) is 6.07 Å². The number of hydrogen-bond acceptors (Lipinski definition) is 2. The lowest BCUT2D eigenvalue weighted by Crippen LogP contribution is -2.05. The highest BCUT2D eigenvalue weighted by Crippen LogP contribution is 2.15. The van der Waals surface area contributed by atoms with Crippen LogP contribution in [0.1, 0.15) is 19.4 Å². The Hall–Kier alpha value is -1.31. The highest BCUT2D eigenvalue weighted by molar-refractivity contribution is 5.32. The summed E-state index contributed by atoms with van der Waals surface area (Å²) in [5.74, 6) is 0.995. The number of ether oxygens (including phenoxy) is 1. The topological polar surface area (TPSA) is 26.3 Å². The van der Waals surface area contributed by atoms with E-state index in [9.17, 15) is 4.79 Å². The summed E-state index contributed by atoms with van der Waals surface area (Å²) in [4.78, 5) is 11.5. The van der Waals surface area contributed by atoms with Crippen molar-refractivity contribution in [3.63, 3.8) is 0 Å². The lowest BCUT2D eigenvalue weighted by atomic mass is 10.0. The third-order valence-electron chi connectivity index (χ3n) is 2.00. The molecule has 0 aromatic heterocycles. The molecule has 14 heavy (non-hydrogen) atoms. The van der Waals surface area contributed by atoms with E-state index in [-0.39, 0.29) is 5.43 Å². The Bertz CT molecular complexity index is 356. The quantitative estimate of drug-likeness (QED) is 0.734. The first-order chi connectivity index (χ1) is 6.65. The average Bonchev–Trinajstić information content (AvgIpc) is 2.27. The van der Waals surface area contributed by atoms with Gasteiger partial charge < -0.3 is 4.74 Å². The number of hydrogen-bond donors (Lipinski definition) is 0. The zero-order valence-corrected chi connectivity index (χ0v) is 8.91. The number of methoxy groups -OCH3 is 1. The van der Waals surface area contributed by atoms with E-state index < -0.39 is 0 Å². The molecule has 0 radical (unpaired) electrons. The van der Waals surface area contributed by atoms with Gasteiger partial charge in [-0.25, -0.2) is 0 Å². The summed E-state index contributed by atoms with van der Waals surface area (Å²) in [5.41, 5.74) is 0.936. The normalized spacial score (nSPS) is 10.3. The highest BCUT2D eigenvalue weighted by Gasteiger charge is 2.06. The van der Waals surface area contributed by atoms with Crippen molar-refractivity contribution in [1.82, 2.24) is 0 Å². The predicted molar refractivity (Wildman–Crippen MR) is 57.8 cm³/mol. The Balaban J connectivity index is 3.22. The second-order valence-corrected chi connectivity index (χ2v) is 3.74. The van der Waals surface area contributed by atoms with Gasteiger partial charge in [0.2, 0.25) is 5.43 Å². The molecule has 2 nitrogen and oxygen atoms in total. The minimum Gasteiger partial charge on any atom is -0.492 e. The molecular weight excluding hydrogens is 176 g/mol.